The van der Waals surface area contributed by atoms with Crippen LogP contribution >= 0.6 is 0 Å². The lowest BCUT2D eigenvalue weighted by Gasteiger charge is -2.30. The lowest BCUT2D eigenvalue weighted by atomic mass is 9.97. The molecule has 7 rings (SSSR count). The van der Waals surface area contributed by atoms with E-state index in [9.17, 15) is 66.5 Å². The highest BCUT2D eigenvalue weighted by Crippen LogP contribution is 2.39. The van der Waals surface area contributed by atoms with E-state index in [4.69, 9.17) is 12.3 Å². The third-order valence-electron chi connectivity index (χ3n) is 14.9. The first-order valence-corrected chi connectivity index (χ1v) is 28.7. The number of hydrogen-bond acceptors (Lipinski definition) is 18. The number of aryl methyl sites for hydroxylation is 1. The predicted octanol–water partition coefficient (Wildman–Crippen LogP) is -2.26. The molecule has 2 aromatic rings. The van der Waals surface area contributed by atoms with Crippen LogP contribution in [-0.2, 0) is 90.9 Å². The minimum atomic E-state index is -3.92. The number of esters is 1. The van der Waals surface area contributed by atoms with Gasteiger partial charge >= 0.3 is 27.2 Å². The van der Waals surface area contributed by atoms with Crippen LogP contribution in [0.4, 0.5) is 9.21 Å². The molecule has 5 heterocycles. The van der Waals surface area contributed by atoms with E-state index >= 15 is 0 Å². The van der Waals surface area contributed by atoms with Crippen LogP contribution in [0.5, 0.6) is 0 Å². The van der Waals surface area contributed by atoms with E-state index in [-0.39, 0.29) is 71.1 Å². The number of aliphatic hydroxyl groups excluding tert-OH is 1. The Kier molecular flexibility index (Phi) is 22.1. The molecule has 5 aliphatic heterocycles. The average Bonchev–Trinajstić information content (AvgIpc) is 4.20. The van der Waals surface area contributed by atoms with Crippen molar-refractivity contribution in [1.29, 1.82) is 0 Å². The lowest BCUT2D eigenvalue weighted by Crippen LogP contribution is -2.59. The standard InChI is InChI=1S/C53H72N10O16.Al.FH/c1-3-31(2)47(51(76)57-37-12-11-34-5-4-6-35-26-39(63(48(34)35)52(37)77)50(75)58-38-27-46(73)79-53(38)78)59-41(65)16-17-54-40(64)15-18-55-49(74)36(13-14-43(67)68)56-42(66)25-32-7-9-33(10-8-32)28-60-19-21-61(29-44(69)70)23-24-62(22-20-60)30-45(71)72;;/h4-10,31,36-39,47,53,78H,3,11-30H2,1-2H3,(H,54,64)(H,55,74)(H,56,66)(H,57,76)(H,58,75)(H,59,65)(H,67,68)(H,69,70)(H,71,72);;1H/q;+3;/p-3/t31-,36+,37-,38?,39-,47-,53?;;/m0../s1. The Bertz CT molecular complexity index is 2660. The van der Waals surface area contributed by atoms with Crippen molar-refractivity contribution in [1.82, 2.24) is 46.6 Å². The highest BCUT2D eigenvalue weighted by molar-refractivity contribution is 6.41. The Balaban J connectivity index is 0.840. The first kappa shape index (κ1) is 61.5. The largest absolute Gasteiger partial charge is 1.15 e. The summed E-state index contributed by atoms with van der Waals surface area (Å²) in [6.07, 6.45) is -1.82. The molecule has 0 aromatic heterocycles. The van der Waals surface area contributed by atoms with Crippen LogP contribution in [-0.4, -0.2) is 207 Å². The van der Waals surface area contributed by atoms with Gasteiger partial charge in [0, 0.05) is 84.6 Å². The maximum absolute atomic E-state index is 14.3. The van der Waals surface area contributed by atoms with Crippen molar-refractivity contribution in [3.63, 3.8) is 0 Å². The van der Waals surface area contributed by atoms with Crippen LogP contribution in [0.2, 0.25) is 0 Å². The van der Waals surface area contributed by atoms with Crippen LogP contribution in [0.1, 0.15) is 81.0 Å². The zero-order valence-electron chi connectivity index (χ0n) is 45.3. The van der Waals surface area contributed by atoms with Crippen molar-refractivity contribution in [2.75, 3.05) is 70.3 Å². The summed E-state index contributed by atoms with van der Waals surface area (Å²) in [6.45, 7) is 6.53. The summed E-state index contributed by atoms with van der Waals surface area (Å²) in [5.74, 6) is -7.96. The van der Waals surface area contributed by atoms with Gasteiger partial charge in [-0.25, -0.2) is 0 Å². The summed E-state index contributed by atoms with van der Waals surface area (Å²) >= 11 is -3.92. The molecule has 8 N–H and O–H groups in total. The fourth-order valence-electron chi connectivity index (χ4n) is 10.3. The number of anilines is 1. The zero-order chi connectivity index (χ0) is 58.3. The molecule has 4 unspecified atom stereocenters. The molecular formula is C53H70AlFN10O16. The number of para-hydroxylation sites is 1. The molecule has 2 aromatic carbocycles. The highest BCUT2D eigenvalue weighted by Gasteiger charge is 2.47. The maximum Gasteiger partial charge on any atom is 1.15 e. The average molecular weight is 1150 g/mol. The number of rotatable bonds is 22. The van der Waals surface area contributed by atoms with Gasteiger partial charge < -0.3 is 58.0 Å². The molecule has 9 atom stereocenters. The molecule has 3 saturated heterocycles. The number of benzene rings is 2. The summed E-state index contributed by atoms with van der Waals surface area (Å²) in [7, 11) is 0. The molecule has 2 bridgehead atoms. The fraction of sp³-hybridized carbons (Fsp3) is 0.566. The number of nitrogens with one attached hydrogen (secondary N) is 6. The van der Waals surface area contributed by atoms with Crippen molar-refractivity contribution in [2.45, 2.75) is 121 Å². The molecule has 26 nitrogen and oxygen atoms in total. The van der Waals surface area contributed by atoms with Crippen molar-refractivity contribution >= 4 is 86.2 Å². The molecule has 28 heteroatoms. The number of ether oxygens (including phenoxy) is 1. The minimum absolute atomic E-state index is 0.133. The Labute approximate surface area is 472 Å². The normalized spacial score (nSPS) is 23.2. The van der Waals surface area contributed by atoms with Crippen LogP contribution in [0, 0.1) is 5.92 Å². The van der Waals surface area contributed by atoms with Gasteiger partial charge in [-0.3, -0.25) is 72.3 Å². The second-order valence-electron chi connectivity index (χ2n) is 20.9. The number of carbonyl (C=O) groups excluding carboxylic acids is 10. The number of halogens is 1. The highest BCUT2D eigenvalue weighted by atomic mass is 27.3. The summed E-state index contributed by atoms with van der Waals surface area (Å²) < 4.78 is 28.3. The molecule has 438 valence electrons. The van der Waals surface area contributed by atoms with Crippen molar-refractivity contribution in [2.24, 2.45) is 5.92 Å². The first-order valence-electron chi connectivity index (χ1n) is 27.3. The molecule has 0 spiro atoms. The molecule has 0 saturated carbocycles. The van der Waals surface area contributed by atoms with Crippen LogP contribution in [0.3, 0.4) is 0 Å². The predicted molar refractivity (Wildman–Crippen MR) is 283 cm³/mol. The quantitative estimate of drug-likeness (QED) is 0.0455. The second-order valence-corrected chi connectivity index (χ2v) is 21.9. The third kappa shape index (κ3) is 17.7. The van der Waals surface area contributed by atoms with Gasteiger partial charge in [0.05, 0.1) is 31.6 Å². The number of amides is 7. The maximum atomic E-state index is 14.3. The smallest absolute Gasteiger partial charge is 0.558 e. The number of aliphatic carboxylic acids is 1. The monoisotopic (exact) mass is 1150 g/mol. The summed E-state index contributed by atoms with van der Waals surface area (Å²) in [5.41, 5.74) is 3.64. The molecule has 0 radical (unpaired) electrons. The third-order valence-corrected chi connectivity index (χ3v) is 15.8. The molecule has 81 heavy (non-hydrogen) atoms. The number of carboxylic acids is 1. The zero-order valence-corrected chi connectivity index (χ0v) is 46.4. The van der Waals surface area contributed by atoms with E-state index < -0.39 is 129 Å². The first-order chi connectivity index (χ1) is 38.7. The number of cyclic esters (lactones) is 1. The summed E-state index contributed by atoms with van der Waals surface area (Å²) in [4.78, 5) is 149. The number of fused-ring (bicyclic) bond motifs is 3. The van der Waals surface area contributed by atoms with E-state index in [2.05, 4.69) is 36.8 Å². The van der Waals surface area contributed by atoms with Gasteiger partial charge in [-0.2, -0.15) is 0 Å². The van der Waals surface area contributed by atoms with Gasteiger partial charge in [0.1, 0.15) is 30.2 Å². The van der Waals surface area contributed by atoms with Gasteiger partial charge in [0.2, 0.25) is 47.6 Å². The SMILES string of the molecule is CC[C@H](C)[C@H](NC(=O)CCNC(=O)CCNC(=O)[C@@H](CCC(=O)O)NC(=O)Cc1ccc(CN2CCN3CCN(CC2)CC(=O)[O][Al]([F])[O]C(=O)C3)cc1)C(=O)N[C@H]1CCc2cccc3c2N(C1=O)[C@H](C(=O)NC1CC(=O)OC1O)C3. The summed E-state index contributed by atoms with van der Waals surface area (Å²) in [6, 6.07) is 7.25. The molecule has 7 amide bonds. The summed E-state index contributed by atoms with van der Waals surface area (Å²) in [5, 5.41) is 35.4. The Morgan fingerprint density at radius 1 is 0.741 bits per heavy atom. The van der Waals surface area contributed by atoms with Crippen molar-refractivity contribution < 1.29 is 78.8 Å². The van der Waals surface area contributed by atoms with Gasteiger partial charge in [-0.1, -0.05) is 62.7 Å². The Hall–Kier alpha value is -7.09. The van der Waals surface area contributed by atoms with Gasteiger partial charge in [-0.15, -0.1) is 0 Å². The molecule has 3 fully saturated rings. The number of carbonyl (C=O) groups is 11. The van der Waals surface area contributed by atoms with Gasteiger partial charge in [-0.05, 0) is 47.4 Å². The van der Waals surface area contributed by atoms with Crippen molar-refractivity contribution in [3.8, 4) is 0 Å². The Morgan fingerprint density at radius 2 is 1.37 bits per heavy atom. The second kappa shape index (κ2) is 29.1. The van der Waals surface area contributed by atoms with Gasteiger partial charge in [0.15, 0.2) is 0 Å². The van der Waals surface area contributed by atoms with E-state index in [1.54, 1.807) is 19.1 Å². The van der Waals surface area contributed by atoms with Crippen LogP contribution in [0.15, 0.2) is 42.5 Å². The van der Waals surface area contributed by atoms with E-state index in [1.807, 2.05) is 47.1 Å². The molecular weight excluding hydrogens is 1080 g/mol. The molecule has 5 aliphatic rings. The van der Waals surface area contributed by atoms with Crippen molar-refractivity contribution in [3.05, 3.63) is 64.7 Å². The number of hydrogen-bond donors (Lipinski definition) is 8. The topological polar surface area (TPSA) is 341 Å². The van der Waals surface area contributed by atoms with E-state index in [0.717, 1.165) is 16.7 Å². The van der Waals surface area contributed by atoms with E-state index in [0.29, 0.717) is 69.9 Å². The minimum Gasteiger partial charge on any atom is -0.558 e. The van der Waals surface area contributed by atoms with Gasteiger partial charge in [0.25, 0.3) is 11.9 Å². The molecule has 0 aliphatic carbocycles. The number of carboxylic acid groups (broad SMARTS) is 1. The fourth-order valence-corrected chi connectivity index (χ4v) is 10.9. The number of aliphatic hydroxyl groups is 1. The number of nitrogens with zero attached hydrogens (tertiary/aromatic N) is 4. The van der Waals surface area contributed by atoms with Crippen LogP contribution in [0.25, 0.3) is 0 Å². The Morgan fingerprint density at radius 3 is 2.01 bits per heavy atom. The van der Waals surface area contributed by atoms with E-state index in [1.165, 1.54) is 4.90 Å². The lowest BCUT2D eigenvalue weighted by molar-refractivity contribution is -0.155. The van der Waals surface area contributed by atoms with Crippen LogP contribution < -0.4 is 36.8 Å².